The summed E-state index contributed by atoms with van der Waals surface area (Å²) in [6.45, 7) is 3.43. The summed E-state index contributed by atoms with van der Waals surface area (Å²) in [5, 5.41) is 7.47. The van der Waals surface area contributed by atoms with Crippen molar-refractivity contribution in [3.63, 3.8) is 0 Å². The Morgan fingerprint density at radius 2 is 1.88 bits per heavy atom. The molecule has 0 radical (unpaired) electrons. The molecule has 9 heteroatoms. The van der Waals surface area contributed by atoms with Gasteiger partial charge >= 0.3 is 6.03 Å². The zero-order chi connectivity index (χ0) is 18.3. The minimum Gasteiger partial charge on any atom is -0.494 e. The van der Waals surface area contributed by atoms with Crippen LogP contribution in [-0.2, 0) is 9.59 Å². The molecule has 0 saturated carbocycles. The van der Waals surface area contributed by atoms with Crippen LogP contribution in [0.1, 0.15) is 13.8 Å². The van der Waals surface area contributed by atoms with E-state index in [0.29, 0.717) is 17.1 Å². The van der Waals surface area contributed by atoms with Crippen LogP contribution in [0.15, 0.2) is 18.2 Å². The van der Waals surface area contributed by atoms with Crippen molar-refractivity contribution in [1.29, 1.82) is 0 Å². The first-order valence-electron chi connectivity index (χ1n) is 7.32. The van der Waals surface area contributed by atoms with Crippen molar-refractivity contribution in [2.45, 2.75) is 19.9 Å². The van der Waals surface area contributed by atoms with E-state index in [1.165, 1.54) is 19.2 Å². The van der Waals surface area contributed by atoms with E-state index in [9.17, 15) is 14.4 Å². The summed E-state index contributed by atoms with van der Waals surface area (Å²) in [6.07, 6.45) is 0. The van der Waals surface area contributed by atoms with Crippen LogP contribution < -0.4 is 32.2 Å². The molecular weight excluding hydrogens is 314 g/mol. The van der Waals surface area contributed by atoms with Gasteiger partial charge in [0.15, 0.2) is 0 Å². The minimum absolute atomic E-state index is 0.0253. The zero-order valence-electron chi connectivity index (χ0n) is 13.9. The molecule has 0 spiro atoms. The summed E-state index contributed by atoms with van der Waals surface area (Å²) < 4.78 is 5.12. The largest absolute Gasteiger partial charge is 0.494 e. The fraction of sp³-hybridized carbons (Fsp3) is 0.400. The van der Waals surface area contributed by atoms with E-state index in [1.54, 1.807) is 6.07 Å². The number of benzene rings is 1. The number of hydrogen-bond donors (Lipinski definition) is 5. The highest BCUT2D eigenvalue weighted by atomic mass is 16.5. The number of urea groups is 1. The Morgan fingerprint density at radius 3 is 2.42 bits per heavy atom. The van der Waals surface area contributed by atoms with Crippen molar-refractivity contribution >= 4 is 29.2 Å². The van der Waals surface area contributed by atoms with Crippen LogP contribution in [0.25, 0.3) is 0 Å². The number of methoxy groups -OCH3 is 1. The molecule has 1 atom stereocenters. The average Bonchev–Trinajstić information content (AvgIpc) is 2.52. The lowest BCUT2D eigenvalue weighted by atomic mass is 10.1. The zero-order valence-corrected chi connectivity index (χ0v) is 13.9. The minimum atomic E-state index is -0.728. The highest BCUT2D eigenvalue weighted by Gasteiger charge is 2.17. The van der Waals surface area contributed by atoms with Gasteiger partial charge in [-0.05, 0) is 18.1 Å². The first-order valence-corrected chi connectivity index (χ1v) is 7.32. The van der Waals surface area contributed by atoms with E-state index in [0.717, 1.165) is 0 Å². The van der Waals surface area contributed by atoms with Crippen LogP contribution in [0.4, 0.5) is 16.2 Å². The van der Waals surface area contributed by atoms with E-state index in [-0.39, 0.29) is 12.5 Å². The SMILES string of the molecule is COc1cc(NC(=O)CNC(=O)[C@@H](N)C(C)C)ccc1NC(N)=O. The monoisotopic (exact) mass is 337 g/mol. The molecular formula is C15H23N5O4. The predicted molar refractivity (Wildman–Crippen MR) is 90.7 cm³/mol. The first-order chi connectivity index (χ1) is 11.2. The molecule has 0 aromatic heterocycles. The Balaban J connectivity index is 2.64. The maximum absolute atomic E-state index is 11.9. The number of nitrogens with two attached hydrogens (primary N) is 2. The van der Waals surface area contributed by atoms with Gasteiger partial charge in [0.1, 0.15) is 5.75 Å². The number of carbonyl (C=O) groups is 3. The Kier molecular flexibility index (Phi) is 6.99. The van der Waals surface area contributed by atoms with Gasteiger partial charge in [-0.25, -0.2) is 4.79 Å². The lowest BCUT2D eigenvalue weighted by molar-refractivity contribution is -0.125. The molecule has 1 aromatic rings. The maximum atomic E-state index is 11.9. The summed E-state index contributed by atoms with van der Waals surface area (Å²) in [7, 11) is 1.42. The second-order valence-electron chi connectivity index (χ2n) is 5.44. The Hall–Kier alpha value is -2.81. The summed E-state index contributed by atoms with van der Waals surface area (Å²) in [4.78, 5) is 34.5. The quantitative estimate of drug-likeness (QED) is 0.483. The number of rotatable bonds is 7. The molecule has 0 fully saturated rings. The molecule has 1 aromatic carbocycles. The van der Waals surface area contributed by atoms with Crippen LogP contribution in [0.2, 0.25) is 0 Å². The summed E-state index contributed by atoms with van der Waals surface area (Å²) in [5.41, 5.74) is 11.6. The smallest absolute Gasteiger partial charge is 0.316 e. The Bertz CT molecular complexity index is 618. The fourth-order valence-electron chi connectivity index (χ4n) is 1.80. The van der Waals surface area contributed by atoms with Gasteiger partial charge in [0, 0.05) is 11.8 Å². The number of carbonyl (C=O) groups excluding carboxylic acids is 3. The van der Waals surface area contributed by atoms with Gasteiger partial charge in [-0.1, -0.05) is 13.8 Å². The van der Waals surface area contributed by atoms with Crippen molar-refractivity contribution in [2.75, 3.05) is 24.3 Å². The third-order valence-electron chi connectivity index (χ3n) is 3.19. The molecule has 0 aliphatic heterocycles. The third-order valence-corrected chi connectivity index (χ3v) is 3.19. The van der Waals surface area contributed by atoms with Crippen molar-refractivity contribution in [2.24, 2.45) is 17.4 Å². The molecule has 0 unspecified atom stereocenters. The molecule has 132 valence electrons. The van der Waals surface area contributed by atoms with Crippen LogP contribution in [0, 0.1) is 5.92 Å². The summed E-state index contributed by atoms with van der Waals surface area (Å²) in [6, 6.07) is 3.22. The predicted octanol–water partition coefficient (Wildman–Crippen LogP) is 0.224. The highest BCUT2D eigenvalue weighted by Crippen LogP contribution is 2.27. The van der Waals surface area contributed by atoms with Crippen molar-refractivity contribution in [3.8, 4) is 5.75 Å². The van der Waals surface area contributed by atoms with Gasteiger partial charge < -0.3 is 32.2 Å². The molecule has 0 aliphatic rings. The normalized spacial score (nSPS) is 11.5. The molecule has 0 bridgehead atoms. The van der Waals surface area contributed by atoms with E-state index in [1.807, 2.05) is 13.8 Å². The van der Waals surface area contributed by atoms with E-state index < -0.39 is 23.9 Å². The van der Waals surface area contributed by atoms with E-state index in [2.05, 4.69) is 16.0 Å². The van der Waals surface area contributed by atoms with Gasteiger partial charge in [0.25, 0.3) is 0 Å². The van der Waals surface area contributed by atoms with Crippen molar-refractivity contribution < 1.29 is 19.1 Å². The topological polar surface area (TPSA) is 149 Å². The molecule has 4 amide bonds. The number of nitrogens with one attached hydrogen (secondary N) is 3. The van der Waals surface area contributed by atoms with Crippen molar-refractivity contribution in [1.82, 2.24) is 5.32 Å². The first kappa shape index (κ1) is 19.2. The standard InChI is InChI=1S/C15H23N5O4/c1-8(2)13(16)14(22)18-7-12(21)19-9-4-5-10(20-15(17)23)11(6-9)24-3/h4-6,8,13H,7,16H2,1-3H3,(H,18,22)(H,19,21)(H3,17,20,23)/t13-/m0/s1. The number of ether oxygens (including phenoxy) is 1. The van der Waals surface area contributed by atoms with Crippen LogP contribution in [0.5, 0.6) is 5.75 Å². The van der Waals surface area contributed by atoms with Gasteiger partial charge in [-0.2, -0.15) is 0 Å². The van der Waals surface area contributed by atoms with Gasteiger partial charge in [0.2, 0.25) is 11.8 Å². The molecule has 1 rings (SSSR count). The Morgan fingerprint density at radius 1 is 1.21 bits per heavy atom. The van der Waals surface area contributed by atoms with Crippen molar-refractivity contribution in [3.05, 3.63) is 18.2 Å². The van der Waals surface area contributed by atoms with Crippen LogP contribution >= 0.6 is 0 Å². The van der Waals surface area contributed by atoms with Crippen LogP contribution in [0.3, 0.4) is 0 Å². The third kappa shape index (κ3) is 5.76. The van der Waals surface area contributed by atoms with E-state index >= 15 is 0 Å². The van der Waals surface area contributed by atoms with Gasteiger partial charge in [-0.15, -0.1) is 0 Å². The molecule has 0 saturated heterocycles. The second-order valence-corrected chi connectivity index (χ2v) is 5.44. The molecule has 7 N–H and O–H groups in total. The molecule has 24 heavy (non-hydrogen) atoms. The highest BCUT2D eigenvalue weighted by molar-refractivity contribution is 5.96. The lowest BCUT2D eigenvalue weighted by Gasteiger charge is -2.15. The maximum Gasteiger partial charge on any atom is 0.316 e. The number of hydrogen-bond acceptors (Lipinski definition) is 5. The van der Waals surface area contributed by atoms with E-state index in [4.69, 9.17) is 16.2 Å². The number of primary amides is 1. The van der Waals surface area contributed by atoms with Crippen LogP contribution in [-0.4, -0.2) is 37.5 Å². The fourth-order valence-corrected chi connectivity index (χ4v) is 1.80. The Labute approximate surface area is 140 Å². The lowest BCUT2D eigenvalue weighted by Crippen LogP contribution is -2.46. The molecule has 0 heterocycles. The summed E-state index contributed by atoms with van der Waals surface area (Å²) in [5.74, 6) is -0.504. The summed E-state index contributed by atoms with van der Waals surface area (Å²) >= 11 is 0. The average molecular weight is 337 g/mol. The number of anilines is 2. The van der Waals surface area contributed by atoms with Gasteiger partial charge in [-0.3, -0.25) is 9.59 Å². The van der Waals surface area contributed by atoms with Gasteiger partial charge in [0.05, 0.1) is 25.4 Å². The molecule has 0 aliphatic carbocycles. The molecule has 9 nitrogen and oxygen atoms in total. The number of amides is 4. The second kappa shape index (κ2) is 8.73.